The lowest BCUT2D eigenvalue weighted by molar-refractivity contribution is -0.206. The number of carbonyl (C=O) groups is 3. The predicted molar refractivity (Wildman–Crippen MR) is 140 cm³/mol. The zero-order valence-corrected chi connectivity index (χ0v) is 23.6. The molecule has 1 amide bonds. The molecule has 0 fully saturated rings. The van der Waals surface area contributed by atoms with Crippen molar-refractivity contribution in [3.8, 4) is 0 Å². The maximum absolute atomic E-state index is 12.8. The van der Waals surface area contributed by atoms with Gasteiger partial charge in [-0.2, -0.15) is 13.2 Å². The van der Waals surface area contributed by atoms with Crippen molar-refractivity contribution in [1.29, 1.82) is 0 Å². The van der Waals surface area contributed by atoms with Crippen LogP contribution in [0.2, 0.25) is 0 Å². The molecule has 8 atom stereocenters. The standard InChI is InChI=1S/C29H44F3NO6/c1-6-12-33-25(35)16-22(38-28(37)29(30,31)32)15-21(34)10-11-23-19(5)8-9-20-13-17(3)14-24(26(20)23)39-27(36)18(4)7-2/h8-9,13,17-19,21-24,26,34H,6-7,10-12,14-16H2,1-5H3,(H,33,35). The molecule has 0 aromatic carbocycles. The average Bonchev–Trinajstić information content (AvgIpc) is 2.85. The number of aliphatic hydroxyl groups is 1. The van der Waals surface area contributed by atoms with E-state index in [1.54, 1.807) is 0 Å². The summed E-state index contributed by atoms with van der Waals surface area (Å²) in [5, 5.41) is 13.3. The molecule has 0 radical (unpaired) electrons. The fraction of sp³-hybridized carbons (Fsp3) is 0.759. The highest BCUT2D eigenvalue weighted by Crippen LogP contribution is 2.45. The second-order valence-corrected chi connectivity index (χ2v) is 11.1. The molecule has 2 aliphatic rings. The van der Waals surface area contributed by atoms with Crippen LogP contribution in [-0.2, 0) is 23.9 Å². The Kier molecular flexibility index (Phi) is 12.5. The molecule has 2 N–H and O–H groups in total. The van der Waals surface area contributed by atoms with Crippen molar-refractivity contribution in [3.05, 3.63) is 23.8 Å². The van der Waals surface area contributed by atoms with Gasteiger partial charge in [-0.3, -0.25) is 9.59 Å². The van der Waals surface area contributed by atoms with E-state index in [1.165, 1.54) is 0 Å². The Morgan fingerprint density at radius 2 is 1.90 bits per heavy atom. The molecule has 0 saturated heterocycles. The first-order chi connectivity index (χ1) is 18.3. The summed E-state index contributed by atoms with van der Waals surface area (Å²) in [6.07, 6.45) is 0.328. The summed E-state index contributed by atoms with van der Waals surface area (Å²) in [5.74, 6) is -3.04. The zero-order valence-electron chi connectivity index (χ0n) is 23.6. The molecule has 0 aromatic heterocycles. The number of allylic oxidation sites excluding steroid dienone is 3. The van der Waals surface area contributed by atoms with Crippen LogP contribution in [0.1, 0.15) is 79.6 Å². The largest absolute Gasteiger partial charge is 0.490 e. The van der Waals surface area contributed by atoms with Gasteiger partial charge in [-0.25, -0.2) is 4.79 Å². The summed E-state index contributed by atoms with van der Waals surface area (Å²) in [7, 11) is 0. The van der Waals surface area contributed by atoms with Crippen molar-refractivity contribution in [3.63, 3.8) is 0 Å². The topological polar surface area (TPSA) is 102 Å². The van der Waals surface area contributed by atoms with Crippen LogP contribution in [0, 0.1) is 29.6 Å². The number of ether oxygens (including phenoxy) is 2. The summed E-state index contributed by atoms with van der Waals surface area (Å²) in [6.45, 7) is 10.1. The number of halogens is 3. The Morgan fingerprint density at radius 3 is 2.51 bits per heavy atom. The van der Waals surface area contributed by atoms with E-state index in [1.807, 2.05) is 20.8 Å². The minimum Gasteiger partial charge on any atom is -0.461 e. The number of aliphatic hydroxyl groups excluding tert-OH is 1. The molecule has 8 unspecified atom stereocenters. The summed E-state index contributed by atoms with van der Waals surface area (Å²) >= 11 is 0. The van der Waals surface area contributed by atoms with Gasteiger partial charge in [0.05, 0.1) is 18.4 Å². The van der Waals surface area contributed by atoms with E-state index in [2.05, 4.69) is 42.1 Å². The van der Waals surface area contributed by atoms with Gasteiger partial charge in [-0.1, -0.05) is 52.8 Å². The van der Waals surface area contributed by atoms with Crippen molar-refractivity contribution in [1.82, 2.24) is 5.32 Å². The van der Waals surface area contributed by atoms with Crippen molar-refractivity contribution >= 4 is 17.8 Å². The van der Waals surface area contributed by atoms with Gasteiger partial charge in [0.15, 0.2) is 0 Å². The van der Waals surface area contributed by atoms with E-state index in [0.717, 1.165) is 5.57 Å². The Morgan fingerprint density at radius 1 is 1.21 bits per heavy atom. The van der Waals surface area contributed by atoms with Crippen molar-refractivity contribution in [2.45, 2.75) is 104 Å². The molecule has 10 heteroatoms. The number of esters is 2. The molecule has 2 aliphatic carbocycles. The second-order valence-electron chi connectivity index (χ2n) is 11.1. The van der Waals surface area contributed by atoms with Crippen LogP contribution in [-0.4, -0.2) is 54.0 Å². The molecule has 0 bridgehead atoms. The number of hydrogen-bond acceptors (Lipinski definition) is 6. The number of carbonyl (C=O) groups excluding carboxylic acids is 3. The minimum atomic E-state index is -5.20. The lowest BCUT2D eigenvalue weighted by Crippen LogP contribution is -2.42. The van der Waals surface area contributed by atoms with Crippen LogP contribution in [0.4, 0.5) is 13.2 Å². The molecule has 0 heterocycles. The average molecular weight is 560 g/mol. The molecule has 2 rings (SSSR count). The van der Waals surface area contributed by atoms with Gasteiger partial charge < -0.3 is 19.9 Å². The third-order valence-electron chi connectivity index (χ3n) is 7.74. The molecule has 0 saturated carbocycles. The Hall–Kier alpha value is -2.36. The van der Waals surface area contributed by atoms with Gasteiger partial charge in [0.1, 0.15) is 12.2 Å². The van der Waals surface area contributed by atoms with Gasteiger partial charge in [-0.05, 0) is 55.4 Å². The van der Waals surface area contributed by atoms with Crippen LogP contribution >= 0.6 is 0 Å². The normalized spacial score (nSPS) is 27.0. The molecule has 222 valence electrons. The highest BCUT2D eigenvalue weighted by atomic mass is 19.4. The molecule has 0 spiro atoms. The van der Waals surface area contributed by atoms with Crippen LogP contribution in [0.5, 0.6) is 0 Å². The first-order valence-corrected chi connectivity index (χ1v) is 14.1. The second kappa shape index (κ2) is 14.9. The van der Waals surface area contributed by atoms with Crippen LogP contribution in [0.15, 0.2) is 23.8 Å². The van der Waals surface area contributed by atoms with E-state index in [0.29, 0.717) is 32.2 Å². The predicted octanol–water partition coefficient (Wildman–Crippen LogP) is 5.27. The third kappa shape index (κ3) is 9.96. The molecule has 0 aromatic rings. The molecule has 7 nitrogen and oxygen atoms in total. The van der Waals surface area contributed by atoms with Gasteiger partial charge >= 0.3 is 18.1 Å². The summed E-state index contributed by atoms with van der Waals surface area (Å²) in [4.78, 5) is 36.3. The van der Waals surface area contributed by atoms with E-state index >= 15 is 0 Å². The fourth-order valence-corrected chi connectivity index (χ4v) is 5.39. The van der Waals surface area contributed by atoms with Crippen LogP contribution in [0.25, 0.3) is 0 Å². The Bertz CT molecular complexity index is 902. The Balaban J connectivity index is 2.12. The number of nitrogens with one attached hydrogen (secondary N) is 1. The summed E-state index contributed by atoms with van der Waals surface area (Å²) in [6, 6.07) is 0. The summed E-state index contributed by atoms with van der Waals surface area (Å²) < 4.78 is 49.0. The lowest BCUT2D eigenvalue weighted by Gasteiger charge is -2.43. The SMILES string of the molecule is CCCNC(=O)CC(CC(O)CCC1C(C)C=CC2=CC(C)CC(OC(=O)C(C)CC)C21)OC(=O)C(F)(F)F. The maximum Gasteiger partial charge on any atom is 0.490 e. The van der Waals surface area contributed by atoms with E-state index in [9.17, 15) is 32.7 Å². The summed E-state index contributed by atoms with van der Waals surface area (Å²) in [5.41, 5.74) is 1.10. The van der Waals surface area contributed by atoms with Crippen LogP contribution < -0.4 is 5.32 Å². The highest BCUT2D eigenvalue weighted by Gasteiger charge is 2.44. The fourth-order valence-electron chi connectivity index (χ4n) is 5.39. The minimum absolute atomic E-state index is 0.0298. The molecule has 0 aliphatic heterocycles. The number of hydrogen-bond donors (Lipinski definition) is 2. The van der Waals surface area contributed by atoms with Gasteiger partial charge in [0.25, 0.3) is 0 Å². The highest BCUT2D eigenvalue weighted by molar-refractivity contribution is 5.78. The van der Waals surface area contributed by atoms with Gasteiger partial charge in [-0.15, -0.1) is 0 Å². The van der Waals surface area contributed by atoms with Crippen molar-refractivity contribution in [2.75, 3.05) is 6.54 Å². The lowest BCUT2D eigenvalue weighted by atomic mass is 9.65. The van der Waals surface area contributed by atoms with Crippen molar-refractivity contribution in [2.24, 2.45) is 29.6 Å². The third-order valence-corrected chi connectivity index (χ3v) is 7.74. The maximum atomic E-state index is 12.8. The quantitative estimate of drug-likeness (QED) is 0.298. The molecule has 39 heavy (non-hydrogen) atoms. The number of amides is 1. The zero-order chi connectivity index (χ0) is 29.3. The van der Waals surface area contributed by atoms with Crippen LogP contribution in [0.3, 0.4) is 0 Å². The van der Waals surface area contributed by atoms with Crippen molar-refractivity contribution < 1.29 is 42.1 Å². The number of alkyl halides is 3. The van der Waals surface area contributed by atoms with E-state index in [-0.39, 0.29) is 54.5 Å². The number of rotatable bonds is 13. The van der Waals surface area contributed by atoms with E-state index < -0.39 is 36.7 Å². The molecular weight excluding hydrogens is 515 g/mol. The first kappa shape index (κ1) is 32.8. The Labute approximate surface area is 229 Å². The monoisotopic (exact) mass is 559 g/mol. The smallest absolute Gasteiger partial charge is 0.461 e. The van der Waals surface area contributed by atoms with Gasteiger partial charge in [0, 0.05) is 18.9 Å². The van der Waals surface area contributed by atoms with Gasteiger partial charge in [0.2, 0.25) is 5.91 Å². The number of fused-ring (bicyclic) bond motifs is 1. The first-order valence-electron chi connectivity index (χ1n) is 14.1. The molecular formula is C29H44F3NO6. The van der Waals surface area contributed by atoms with E-state index in [4.69, 9.17) is 4.74 Å².